The van der Waals surface area contributed by atoms with Crippen molar-refractivity contribution < 1.29 is 9.84 Å². The van der Waals surface area contributed by atoms with Crippen LogP contribution >= 0.6 is 0 Å². The number of hydrogen-bond acceptors (Lipinski definition) is 3. The van der Waals surface area contributed by atoms with Gasteiger partial charge in [0.2, 0.25) is 0 Å². The van der Waals surface area contributed by atoms with E-state index in [1.807, 2.05) is 19.1 Å². The van der Waals surface area contributed by atoms with E-state index in [2.05, 4.69) is 43.4 Å². The van der Waals surface area contributed by atoms with E-state index in [0.717, 1.165) is 5.56 Å². The number of aromatic hydroxyl groups is 1. The average Bonchev–Trinajstić information content (AvgIpc) is 2.46. The maximum absolute atomic E-state index is 10.1. The van der Waals surface area contributed by atoms with Crippen LogP contribution in [0.5, 0.6) is 11.5 Å². The molecule has 0 aliphatic rings. The highest BCUT2D eigenvalue weighted by molar-refractivity contribution is 5.41. The first kappa shape index (κ1) is 15.4. The number of nitrogens with one attached hydrogen (secondary N) is 1. The highest BCUT2D eigenvalue weighted by Gasteiger charge is 2.14. The molecule has 0 aliphatic heterocycles. The number of phenolic OH excluding ortho intramolecular Hbond substituents is 1. The SMILES string of the molecule is COc1ccc(C(C)N[C@H](C)c2cccc(C)c2)c(O)c1. The van der Waals surface area contributed by atoms with Gasteiger partial charge in [0.1, 0.15) is 11.5 Å². The zero-order chi connectivity index (χ0) is 15.4. The normalized spacial score (nSPS) is 13.7. The van der Waals surface area contributed by atoms with Gasteiger partial charge in [0.05, 0.1) is 7.11 Å². The molecule has 3 heteroatoms. The molecular weight excluding hydrogens is 262 g/mol. The Bertz CT molecular complexity index is 610. The van der Waals surface area contributed by atoms with Crippen molar-refractivity contribution in [3.63, 3.8) is 0 Å². The van der Waals surface area contributed by atoms with Crippen LogP contribution < -0.4 is 10.1 Å². The number of methoxy groups -OCH3 is 1. The zero-order valence-corrected chi connectivity index (χ0v) is 13.1. The second-order valence-corrected chi connectivity index (χ2v) is 5.45. The molecule has 0 aliphatic carbocycles. The lowest BCUT2D eigenvalue weighted by Crippen LogP contribution is -2.22. The quantitative estimate of drug-likeness (QED) is 0.868. The zero-order valence-electron chi connectivity index (χ0n) is 13.1. The first-order chi connectivity index (χ1) is 10.0. The highest BCUT2D eigenvalue weighted by atomic mass is 16.5. The average molecular weight is 285 g/mol. The van der Waals surface area contributed by atoms with Gasteiger partial charge in [-0.2, -0.15) is 0 Å². The van der Waals surface area contributed by atoms with Crippen LogP contribution in [0.25, 0.3) is 0 Å². The van der Waals surface area contributed by atoms with Gasteiger partial charge in [-0.05, 0) is 32.4 Å². The lowest BCUT2D eigenvalue weighted by atomic mass is 10.0. The molecule has 0 bridgehead atoms. The highest BCUT2D eigenvalue weighted by Crippen LogP contribution is 2.29. The van der Waals surface area contributed by atoms with Crippen LogP contribution in [-0.2, 0) is 0 Å². The number of ether oxygens (including phenoxy) is 1. The third-order valence-corrected chi connectivity index (χ3v) is 3.75. The number of aryl methyl sites for hydroxylation is 1. The Balaban J connectivity index is 2.12. The minimum absolute atomic E-state index is 0.0476. The molecule has 0 saturated heterocycles. The maximum atomic E-state index is 10.1. The first-order valence-electron chi connectivity index (χ1n) is 7.20. The van der Waals surface area contributed by atoms with Crippen molar-refractivity contribution in [2.24, 2.45) is 0 Å². The van der Waals surface area contributed by atoms with Gasteiger partial charge in [0.25, 0.3) is 0 Å². The summed E-state index contributed by atoms with van der Waals surface area (Å²) in [5.74, 6) is 0.918. The Labute approximate surface area is 126 Å². The third-order valence-electron chi connectivity index (χ3n) is 3.75. The van der Waals surface area contributed by atoms with E-state index < -0.39 is 0 Å². The Kier molecular flexibility index (Phi) is 4.86. The molecular formula is C18H23NO2. The van der Waals surface area contributed by atoms with Crippen molar-refractivity contribution in [3.05, 3.63) is 59.2 Å². The molecule has 0 radical (unpaired) electrons. The van der Waals surface area contributed by atoms with Gasteiger partial charge in [-0.1, -0.05) is 35.9 Å². The maximum Gasteiger partial charge on any atom is 0.124 e. The van der Waals surface area contributed by atoms with Crippen LogP contribution in [0.1, 0.15) is 42.6 Å². The number of hydrogen-bond donors (Lipinski definition) is 2. The fourth-order valence-corrected chi connectivity index (χ4v) is 2.52. The van der Waals surface area contributed by atoms with Crippen molar-refractivity contribution in [2.45, 2.75) is 32.9 Å². The van der Waals surface area contributed by atoms with Crippen LogP contribution in [0, 0.1) is 6.92 Å². The number of phenols is 1. The van der Waals surface area contributed by atoms with Gasteiger partial charge in [-0.3, -0.25) is 0 Å². The molecule has 2 aromatic carbocycles. The molecule has 0 fully saturated rings. The largest absolute Gasteiger partial charge is 0.507 e. The summed E-state index contributed by atoms with van der Waals surface area (Å²) in [4.78, 5) is 0. The molecule has 2 aromatic rings. The molecule has 1 unspecified atom stereocenters. The smallest absolute Gasteiger partial charge is 0.124 e. The van der Waals surface area contributed by atoms with Gasteiger partial charge in [0, 0.05) is 23.7 Å². The molecule has 2 N–H and O–H groups in total. The topological polar surface area (TPSA) is 41.5 Å². The summed E-state index contributed by atoms with van der Waals surface area (Å²) in [5, 5.41) is 13.6. The summed E-state index contributed by atoms with van der Waals surface area (Å²) in [6.45, 7) is 6.27. The molecule has 2 rings (SSSR count). The van der Waals surface area contributed by atoms with E-state index in [-0.39, 0.29) is 17.8 Å². The van der Waals surface area contributed by atoms with Gasteiger partial charge >= 0.3 is 0 Å². The predicted molar refractivity (Wildman–Crippen MR) is 85.8 cm³/mol. The molecule has 0 spiro atoms. The minimum atomic E-state index is 0.0476. The van der Waals surface area contributed by atoms with Crippen LogP contribution in [0.2, 0.25) is 0 Å². The fourth-order valence-electron chi connectivity index (χ4n) is 2.52. The monoisotopic (exact) mass is 285 g/mol. The Morgan fingerprint density at radius 3 is 2.43 bits per heavy atom. The first-order valence-corrected chi connectivity index (χ1v) is 7.20. The summed E-state index contributed by atoms with van der Waals surface area (Å²) in [6.07, 6.45) is 0. The summed E-state index contributed by atoms with van der Waals surface area (Å²) in [6, 6.07) is 14.1. The predicted octanol–water partition coefficient (Wildman–Crippen LogP) is 4.12. The van der Waals surface area contributed by atoms with Gasteiger partial charge in [0.15, 0.2) is 0 Å². The van der Waals surface area contributed by atoms with Crippen molar-refractivity contribution in [3.8, 4) is 11.5 Å². The van der Waals surface area contributed by atoms with Crippen LogP contribution in [-0.4, -0.2) is 12.2 Å². The van der Waals surface area contributed by atoms with Gasteiger partial charge in [-0.25, -0.2) is 0 Å². The van der Waals surface area contributed by atoms with Crippen LogP contribution in [0.3, 0.4) is 0 Å². The van der Waals surface area contributed by atoms with E-state index in [4.69, 9.17) is 4.74 Å². The molecule has 2 atom stereocenters. The second kappa shape index (κ2) is 6.64. The van der Waals surface area contributed by atoms with Crippen molar-refractivity contribution in [1.82, 2.24) is 5.32 Å². The molecule has 112 valence electrons. The lowest BCUT2D eigenvalue weighted by molar-refractivity contribution is 0.402. The fraction of sp³-hybridized carbons (Fsp3) is 0.333. The molecule has 0 amide bonds. The molecule has 0 saturated carbocycles. The van der Waals surface area contributed by atoms with E-state index in [1.165, 1.54) is 11.1 Å². The van der Waals surface area contributed by atoms with Crippen molar-refractivity contribution in [2.75, 3.05) is 7.11 Å². The Morgan fingerprint density at radius 1 is 1.05 bits per heavy atom. The number of rotatable bonds is 5. The van der Waals surface area contributed by atoms with E-state index in [0.29, 0.717) is 5.75 Å². The standard InChI is InChI=1S/C18H23NO2/c1-12-6-5-7-15(10-12)13(2)19-14(3)17-9-8-16(21-4)11-18(17)20/h5-11,13-14,19-20H,1-4H3/t13-,14?/m1/s1. The van der Waals surface area contributed by atoms with Crippen molar-refractivity contribution >= 4 is 0 Å². The minimum Gasteiger partial charge on any atom is -0.507 e. The molecule has 0 aromatic heterocycles. The van der Waals surface area contributed by atoms with Crippen LogP contribution in [0.4, 0.5) is 0 Å². The summed E-state index contributed by atoms with van der Waals surface area (Å²) in [5.41, 5.74) is 3.37. The van der Waals surface area contributed by atoms with Crippen molar-refractivity contribution in [1.29, 1.82) is 0 Å². The van der Waals surface area contributed by atoms with E-state index in [1.54, 1.807) is 13.2 Å². The molecule has 21 heavy (non-hydrogen) atoms. The van der Waals surface area contributed by atoms with Crippen LogP contribution in [0.15, 0.2) is 42.5 Å². The number of benzene rings is 2. The molecule has 0 heterocycles. The van der Waals surface area contributed by atoms with E-state index >= 15 is 0 Å². The Hall–Kier alpha value is -2.00. The Morgan fingerprint density at radius 2 is 1.81 bits per heavy atom. The summed E-state index contributed by atoms with van der Waals surface area (Å²) < 4.78 is 5.11. The summed E-state index contributed by atoms with van der Waals surface area (Å²) in [7, 11) is 1.59. The third kappa shape index (κ3) is 3.76. The lowest BCUT2D eigenvalue weighted by Gasteiger charge is -2.22. The second-order valence-electron chi connectivity index (χ2n) is 5.45. The van der Waals surface area contributed by atoms with E-state index in [9.17, 15) is 5.11 Å². The van der Waals surface area contributed by atoms with Gasteiger partial charge < -0.3 is 15.2 Å². The molecule has 3 nitrogen and oxygen atoms in total. The summed E-state index contributed by atoms with van der Waals surface area (Å²) >= 11 is 0. The van der Waals surface area contributed by atoms with Gasteiger partial charge in [-0.15, -0.1) is 0 Å².